The Bertz CT molecular complexity index is 641. The highest BCUT2D eigenvalue weighted by molar-refractivity contribution is 7.89. The van der Waals surface area contributed by atoms with Crippen LogP contribution >= 0.6 is 0 Å². The molecule has 0 unspecified atom stereocenters. The quantitative estimate of drug-likeness (QED) is 0.447. The summed E-state index contributed by atoms with van der Waals surface area (Å²) in [6, 6.07) is 2.44. The molecule has 0 radical (unpaired) electrons. The molecule has 0 aromatic heterocycles. The van der Waals surface area contributed by atoms with Crippen molar-refractivity contribution in [2.24, 2.45) is 5.92 Å². The van der Waals surface area contributed by atoms with Crippen LogP contribution < -0.4 is 4.72 Å². The molecule has 0 spiro atoms. The fourth-order valence-electron chi connectivity index (χ4n) is 1.84. The number of benzene rings is 1. The van der Waals surface area contributed by atoms with E-state index in [1.807, 2.05) is 13.8 Å². The average molecular weight is 330 g/mol. The zero-order chi connectivity index (χ0) is 16.9. The average Bonchev–Trinajstić information content (AvgIpc) is 2.40. The van der Waals surface area contributed by atoms with E-state index in [-0.39, 0.29) is 23.7 Å². The van der Waals surface area contributed by atoms with Crippen molar-refractivity contribution < 1.29 is 18.1 Å². The van der Waals surface area contributed by atoms with Gasteiger partial charge in [0, 0.05) is 25.3 Å². The monoisotopic (exact) mass is 330 g/mol. The molecule has 7 nitrogen and oxygen atoms in total. The summed E-state index contributed by atoms with van der Waals surface area (Å²) in [7, 11) is -3.80. The van der Waals surface area contributed by atoms with Gasteiger partial charge in [0.15, 0.2) is 0 Å². The van der Waals surface area contributed by atoms with Crippen molar-refractivity contribution in [2.45, 2.75) is 32.6 Å². The van der Waals surface area contributed by atoms with Gasteiger partial charge >= 0.3 is 0 Å². The molecular formula is C14H22N2O5S. The van der Waals surface area contributed by atoms with Crippen molar-refractivity contribution in [3.63, 3.8) is 0 Å². The molecule has 1 rings (SSSR count). The maximum Gasteiger partial charge on any atom is 0.271 e. The molecule has 0 aliphatic rings. The van der Waals surface area contributed by atoms with E-state index in [0.717, 1.165) is 6.07 Å². The summed E-state index contributed by atoms with van der Waals surface area (Å²) in [5, 5.41) is 10.9. The predicted molar refractivity (Wildman–Crippen MR) is 83.4 cm³/mol. The van der Waals surface area contributed by atoms with Crippen molar-refractivity contribution in [3.8, 4) is 0 Å². The van der Waals surface area contributed by atoms with Crippen LogP contribution in [0, 0.1) is 29.9 Å². The third-order valence-corrected chi connectivity index (χ3v) is 4.68. The summed E-state index contributed by atoms with van der Waals surface area (Å²) < 4.78 is 32.3. The second-order valence-electron chi connectivity index (χ2n) is 5.51. The zero-order valence-electron chi connectivity index (χ0n) is 13.3. The number of ether oxygens (including phenoxy) is 1. The van der Waals surface area contributed by atoms with Crippen molar-refractivity contribution in [3.05, 3.63) is 33.4 Å². The first-order valence-corrected chi connectivity index (χ1v) is 8.46. The Morgan fingerprint density at radius 1 is 1.32 bits per heavy atom. The first-order chi connectivity index (χ1) is 10.1. The summed E-state index contributed by atoms with van der Waals surface area (Å²) in [5.74, 6) is 0.373. The fraction of sp³-hybridized carbons (Fsp3) is 0.571. The fourth-order valence-corrected chi connectivity index (χ4v) is 3.19. The maximum atomic E-state index is 12.3. The molecule has 0 aliphatic heterocycles. The molecule has 1 N–H and O–H groups in total. The molecule has 1 aromatic rings. The molecule has 0 atom stereocenters. The van der Waals surface area contributed by atoms with Crippen LogP contribution in [0.4, 0.5) is 5.69 Å². The Morgan fingerprint density at radius 2 is 1.95 bits per heavy atom. The molecule has 0 aliphatic carbocycles. The number of nitro benzene ring substituents is 1. The predicted octanol–water partition coefficient (Wildman–Crippen LogP) is 2.16. The van der Waals surface area contributed by atoms with E-state index in [0.29, 0.717) is 23.7 Å². The highest BCUT2D eigenvalue weighted by Gasteiger charge is 2.21. The number of nitro groups is 1. The summed E-state index contributed by atoms with van der Waals surface area (Å²) in [5.41, 5.74) is 0.825. The van der Waals surface area contributed by atoms with Gasteiger partial charge in [-0.3, -0.25) is 10.1 Å². The number of hydrogen-bond acceptors (Lipinski definition) is 5. The minimum atomic E-state index is -3.80. The smallest absolute Gasteiger partial charge is 0.271 e. The topological polar surface area (TPSA) is 98.5 Å². The van der Waals surface area contributed by atoms with Crippen LogP contribution in [0.3, 0.4) is 0 Å². The zero-order valence-corrected chi connectivity index (χ0v) is 14.1. The second kappa shape index (κ2) is 7.66. The summed E-state index contributed by atoms with van der Waals surface area (Å²) in [6.07, 6.45) is 0. The van der Waals surface area contributed by atoms with Crippen LogP contribution in [0.5, 0.6) is 0 Å². The van der Waals surface area contributed by atoms with Crippen molar-refractivity contribution >= 4 is 15.7 Å². The Morgan fingerprint density at radius 3 is 2.50 bits per heavy atom. The van der Waals surface area contributed by atoms with Gasteiger partial charge in [-0.15, -0.1) is 0 Å². The van der Waals surface area contributed by atoms with E-state index < -0.39 is 14.9 Å². The molecular weight excluding hydrogens is 308 g/mol. The van der Waals surface area contributed by atoms with Crippen LogP contribution in [0.1, 0.15) is 25.0 Å². The molecule has 124 valence electrons. The van der Waals surface area contributed by atoms with Crippen LogP contribution in [0.25, 0.3) is 0 Å². The Hall–Kier alpha value is -1.51. The van der Waals surface area contributed by atoms with Crippen molar-refractivity contribution in [1.29, 1.82) is 0 Å². The lowest BCUT2D eigenvalue weighted by atomic mass is 10.1. The normalized spacial score (nSPS) is 11.9. The van der Waals surface area contributed by atoms with E-state index in [1.54, 1.807) is 13.8 Å². The maximum absolute atomic E-state index is 12.3. The molecule has 0 saturated heterocycles. The van der Waals surface area contributed by atoms with Crippen molar-refractivity contribution in [2.75, 3.05) is 19.8 Å². The van der Waals surface area contributed by atoms with Gasteiger partial charge in [-0.25, -0.2) is 13.1 Å². The lowest BCUT2D eigenvalue weighted by Crippen LogP contribution is -2.28. The Labute approximate surface area is 130 Å². The van der Waals surface area contributed by atoms with Gasteiger partial charge in [0.2, 0.25) is 10.0 Å². The van der Waals surface area contributed by atoms with E-state index in [4.69, 9.17) is 4.74 Å². The number of nitrogens with zero attached hydrogens (tertiary/aromatic N) is 1. The largest absolute Gasteiger partial charge is 0.380 e. The van der Waals surface area contributed by atoms with Gasteiger partial charge in [0.05, 0.1) is 16.4 Å². The third-order valence-electron chi connectivity index (χ3n) is 3.09. The van der Waals surface area contributed by atoms with E-state index in [2.05, 4.69) is 4.72 Å². The first kappa shape index (κ1) is 18.5. The number of sulfonamides is 1. The van der Waals surface area contributed by atoms with E-state index >= 15 is 0 Å². The summed E-state index contributed by atoms with van der Waals surface area (Å²) in [4.78, 5) is 10.2. The van der Waals surface area contributed by atoms with Crippen molar-refractivity contribution in [1.82, 2.24) is 4.72 Å². The molecule has 0 saturated carbocycles. The number of non-ortho nitro benzene ring substituents is 1. The number of rotatable bonds is 8. The highest BCUT2D eigenvalue weighted by atomic mass is 32.2. The van der Waals surface area contributed by atoms with E-state index in [9.17, 15) is 18.5 Å². The van der Waals surface area contributed by atoms with Gasteiger partial charge < -0.3 is 4.74 Å². The lowest BCUT2D eigenvalue weighted by molar-refractivity contribution is -0.385. The number of aryl methyl sites for hydroxylation is 1. The Kier molecular flexibility index (Phi) is 6.46. The number of nitrogens with one attached hydrogen (secondary N) is 1. The molecule has 22 heavy (non-hydrogen) atoms. The second-order valence-corrected chi connectivity index (χ2v) is 7.24. The summed E-state index contributed by atoms with van der Waals surface area (Å²) >= 11 is 0. The first-order valence-electron chi connectivity index (χ1n) is 6.98. The van der Waals surface area contributed by atoms with Gasteiger partial charge in [-0.1, -0.05) is 13.8 Å². The molecule has 0 amide bonds. The van der Waals surface area contributed by atoms with Crippen LogP contribution in [-0.2, 0) is 14.8 Å². The number of hydrogen-bond donors (Lipinski definition) is 1. The molecule has 8 heteroatoms. The minimum Gasteiger partial charge on any atom is -0.380 e. The van der Waals surface area contributed by atoms with Gasteiger partial charge in [0.25, 0.3) is 5.69 Å². The minimum absolute atomic E-state index is 0.0666. The van der Waals surface area contributed by atoms with Gasteiger partial charge in [-0.05, 0) is 30.9 Å². The standard InChI is InChI=1S/C14H22N2O5S/c1-10(2)9-21-6-5-15-22(19,20)14-8-13(16(17)18)7-11(3)12(14)4/h7-8,10,15H,5-6,9H2,1-4H3. The van der Waals surface area contributed by atoms with Crippen LogP contribution in [0.2, 0.25) is 0 Å². The third kappa shape index (κ3) is 5.04. The molecule has 0 fully saturated rings. The highest BCUT2D eigenvalue weighted by Crippen LogP contribution is 2.25. The molecule has 1 aromatic carbocycles. The van der Waals surface area contributed by atoms with E-state index in [1.165, 1.54) is 6.07 Å². The summed E-state index contributed by atoms with van der Waals surface area (Å²) in [6.45, 7) is 8.20. The lowest BCUT2D eigenvalue weighted by Gasteiger charge is -2.12. The van der Waals surface area contributed by atoms with Gasteiger partial charge in [-0.2, -0.15) is 0 Å². The van der Waals surface area contributed by atoms with Crippen LogP contribution in [-0.4, -0.2) is 33.1 Å². The van der Waals surface area contributed by atoms with Crippen LogP contribution in [0.15, 0.2) is 17.0 Å². The SMILES string of the molecule is Cc1cc([N+](=O)[O-])cc(S(=O)(=O)NCCOCC(C)C)c1C. The van der Waals surface area contributed by atoms with Gasteiger partial charge in [0.1, 0.15) is 0 Å². The Balaban J connectivity index is 2.86. The molecule has 0 heterocycles. The molecule has 0 bridgehead atoms.